The van der Waals surface area contributed by atoms with Crippen molar-refractivity contribution in [3.8, 4) is 5.75 Å². The highest BCUT2D eigenvalue weighted by atomic mass is 19.1. The van der Waals surface area contributed by atoms with Gasteiger partial charge in [0.2, 0.25) is 11.3 Å². The average molecular weight is 755 g/mol. The third-order valence-electron chi connectivity index (χ3n) is 9.88. The Morgan fingerprint density at radius 2 is 1.85 bits per heavy atom. The number of anilines is 2. The van der Waals surface area contributed by atoms with Gasteiger partial charge in [-0.15, -0.1) is 0 Å². The predicted molar refractivity (Wildman–Crippen MR) is 192 cm³/mol. The van der Waals surface area contributed by atoms with Gasteiger partial charge < -0.3 is 46.2 Å². The van der Waals surface area contributed by atoms with Gasteiger partial charge in [0.15, 0.2) is 23.2 Å². The number of pyridine rings is 2. The maximum Gasteiger partial charge on any atom is 0.414 e. The van der Waals surface area contributed by atoms with Gasteiger partial charge in [-0.1, -0.05) is 6.42 Å². The molecule has 2 atom stereocenters. The lowest BCUT2D eigenvalue weighted by Gasteiger charge is -2.41. The summed E-state index contributed by atoms with van der Waals surface area (Å²) < 4.78 is 50.1. The van der Waals surface area contributed by atoms with Crippen LogP contribution in [0.5, 0.6) is 5.75 Å². The largest absolute Gasteiger partial charge is 0.486 e. The third kappa shape index (κ3) is 8.38. The first-order valence-electron chi connectivity index (χ1n) is 17.9. The van der Waals surface area contributed by atoms with E-state index in [4.69, 9.17) is 31.4 Å². The lowest BCUT2D eigenvalue weighted by atomic mass is 9.91. The Morgan fingerprint density at radius 1 is 1.11 bits per heavy atom. The molecule has 290 valence electrons. The summed E-state index contributed by atoms with van der Waals surface area (Å²) in [6.07, 6.45) is 3.54. The van der Waals surface area contributed by atoms with E-state index in [0.717, 1.165) is 25.0 Å². The predicted octanol–water partition coefficient (Wildman–Crippen LogP) is 1.99. The van der Waals surface area contributed by atoms with E-state index in [1.807, 2.05) is 0 Å². The lowest BCUT2D eigenvalue weighted by molar-refractivity contribution is -0.168. The zero-order valence-corrected chi connectivity index (χ0v) is 29.9. The second kappa shape index (κ2) is 15.9. The number of primary amides is 1. The van der Waals surface area contributed by atoms with E-state index in [1.165, 1.54) is 30.2 Å². The fraction of sp³-hybridized carbons (Fsp3) is 0.500. The van der Waals surface area contributed by atoms with Crippen LogP contribution in [0.25, 0.3) is 11.0 Å². The molecular weight excluding hydrogens is 710 g/mol. The van der Waals surface area contributed by atoms with Crippen LogP contribution in [-0.2, 0) is 19.1 Å². The number of carbonyl (C=O) groups excluding carboxylic acids is 4. The first-order chi connectivity index (χ1) is 25.8. The molecule has 1 aliphatic carbocycles. The number of amides is 3. The second-order valence-corrected chi connectivity index (χ2v) is 14.0. The molecule has 0 radical (unpaired) electrons. The Hall–Kier alpha value is -5.36. The third-order valence-corrected chi connectivity index (χ3v) is 9.88. The summed E-state index contributed by atoms with van der Waals surface area (Å²) in [7, 11) is 0. The molecule has 2 aromatic heterocycles. The zero-order chi connectivity index (χ0) is 38.7. The number of nitrogens with zero attached hydrogens (tertiary/aromatic N) is 4. The van der Waals surface area contributed by atoms with Gasteiger partial charge in [0.1, 0.15) is 35.6 Å². The highest BCUT2D eigenvalue weighted by molar-refractivity contribution is 5.96. The summed E-state index contributed by atoms with van der Waals surface area (Å²) in [6.45, 7) is 2.00. The van der Waals surface area contributed by atoms with E-state index < -0.39 is 52.8 Å². The van der Waals surface area contributed by atoms with Gasteiger partial charge in [0, 0.05) is 51.2 Å². The Labute approximate surface area is 308 Å². The number of esters is 1. The van der Waals surface area contributed by atoms with Gasteiger partial charge in [0.05, 0.1) is 24.2 Å². The van der Waals surface area contributed by atoms with E-state index in [-0.39, 0.29) is 91.4 Å². The molecule has 18 heteroatoms. The Kier molecular flexibility index (Phi) is 11.3. The number of hydrogen-bond donors (Lipinski definition) is 4. The highest BCUT2D eigenvalue weighted by Gasteiger charge is 2.42. The Morgan fingerprint density at radius 3 is 2.50 bits per heavy atom. The van der Waals surface area contributed by atoms with Crippen LogP contribution in [0.15, 0.2) is 35.3 Å². The van der Waals surface area contributed by atoms with Crippen LogP contribution in [0, 0.1) is 11.6 Å². The molecule has 6 rings (SSSR count). The molecule has 2 saturated heterocycles. The maximum absolute atomic E-state index is 15.7. The van der Waals surface area contributed by atoms with Crippen LogP contribution in [0.1, 0.15) is 68.3 Å². The summed E-state index contributed by atoms with van der Waals surface area (Å²) in [5.74, 6) is -3.62. The summed E-state index contributed by atoms with van der Waals surface area (Å²) in [4.78, 5) is 69.4. The first kappa shape index (κ1) is 38.4. The molecule has 3 amide bonds. The van der Waals surface area contributed by atoms with Crippen molar-refractivity contribution >= 4 is 46.4 Å². The molecule has 54 heavy (non-hydrogen) atoms. The van der Waals surface area contributed by atoms with Gasteiger partial charge in [0.25, 0.3) is 5.91 Å². The minimum atomic E-state index is -1.29. The van der Waals surface area contributed by atoms with E-state index >= 15 is 8.78 Å². The number of ether oxygens (including phenoxy) is 3. The van der Waals surface area contributed by atoms with Crippen molar-refractivity contribution in [2.24, 2.45) is 17.2 Å². The summed E-state index contributed by atoms with van der Waals surface area (Å²) >= 11 is 0. The smallest absolute Gasteiger partial charge is 0.414 e. The molecule has 0 spiro atoms. The van der Waals surface area contributed by atoms with E-state index in [9.17, 15) is 24.0 Å². The number of rotatable bonds is 15. The van der Waals surface area contributed by atoms with E-state index in [1.54, 1.807) is 9.47 Å². The number of piperidine rings is 1. The SMILES string of the molecule is CC(=O)NCC1CN(c2ccc(OCC3(OC(=O)C(N)CCCCN)CCN(c4nc5c(cc4F)c(=O)c(C(N)=O)cn5C4CC4)CC3)c(F)c2)C(=O)O1. The average Bonchev–Trinajstić information content (AvgIpc) is 3.91. The van der Waals surface area contributed by atoms with Gasteiger partial charge in [-0.05, 0) is 50.4 Å². The van der Waals surface area contributed by atoms with Gasteiger partial charge in [-0.2, -0.15) is 0 Å². The van der Waals surface area contributed by atoms with Crippen LogP contribution >= 0.6 is 0 Å². The Balaban J connectivity index is 1.20. The topological polar surface area (TPSA) is 227 Å². The summed E-state index contributed by atoms with van der Waals surface area (Å²) in [6, 6.07) is 4.06. The minimum absolute atomic E-state index is 0.0118. The number of nitrogens with one attached hydrogen (secondary N) is 1. The van der Waals surface area contributed by atoms with Crippen molar-refractivity contribution in [1.82, 2.24) is 14.9 Å². The van der Waals surface area contributed by atoms with E-state index in [0.29, 0.717) is 25.8 Å². The van der Waals surface area contributed by atoms with Crippen molar-refractivity contribution in [1.29, 1.82) is 0 Å². The highest BCUT2D eigenvalue weighted by Crippen LogP contribution is 2.38. The van der Waals surface area contributed by atoms with Crippen LogP contribution in [-0.4, -0.2) is 90.5 Å². The molecule has 0 bridgehead atoms. The van der Waals surface area contributed by atoms with Gasteiger partial charge in [-0.3, -0.25) is 24.1 Å². The number of carbonyl (C=O) groups is 4. The van der Waals surface area contributed by atoms with Crippen LogP contribution in [0.2, 0.25) is 0 Å². The standard InChI is InChI=1S/C36H44F2N8O8/c1-20(47)42-16-23-17-46(35(51)53-23)22-7-8-29(26(37)14-22)52-19-36(54-34(50)28(40)4-2-3-11-39)9-12-44(13-10-36)33-27(38)15-24-30(48)25(31(41)49)18-45(21-5-6-21)32(24)43-33/h7-8,14-15,18,21,23,28H,2-6,9-13,16-17,19,39-40H2,1H3,(H2,41,49)(H,42,47). The van der Waals surface area contributed by atoms with Gasteiger partial charge in [-0.25, -0.2) is 18.6 Å². The Bertz CT molecular complexity index is 2000. The van der Waals surface area contributed by atoms with Crippen molar-refractivity contribution in [2.45, 2.75) is 75.7 Å². The van der Waals surface area contributed by atoms with Crippen LogP contribution in [0.4, 0.5) is 25.1 Å². The van der Waals surface area contributed by atoms with Crippen molar-refractivity contribution in [3.63, 3.8) is 0 Å². The quantitative estimate of drug-likeness (QED) is 0.129. The number of cyclic esters (lactones) is 1. The lowest BCUT2D eigenvalue weighted by Crippen LogP contribution is -2.53. The summed E-state index contributed by atoms with van der Waals surface area (Å²) in [5.41, 5.74) is 15.4. The van der Waals surface area contributed by atoms with Crippen LogP contribution in [0.3, 0.4) is 0 Å². The number of hydrogen-bond acceptors (Lipinski definition) is 12. The number of aromatic nitrogens is 2. The molecule has 4 heterocycles. The normalized spacial score (nSPS) is 18.7. The molecule has 3 aromatic rings. The molecular formula is C36H44F2N8O8. The zero-order valence-electron chi connectivity index (χ0n) is 29.9. The fourth-order valence-electron chi connectivity index (χ4n) is 6.66. The molecule has 1 aromatic carbocycles. The molecule has 3 aliphatic rings. The number of unbranched alkanes of at least 4 members (excludes halogenated alkanes) is 1. The van der Waals surface area contributed by atoms with Crippen LogP contribution < -0.4 is 42.5 Å². The molecule has 2 unspecified atom stereocenters. The summed E-state index contributed by atoms with van der Waals surface area (Å²) in [5, 5.41) is 2.53. The number of fused-ring (bicyclic) bond motifs is 1. The molecule has 1 saturated carbocycles. The van der Waals surface area contributed by atoms with Gasteiger partial charge >= 0.3 is 12.1 Å². The van der Waals surface area contributed by atoms with Crippen molar-refractivity contribution in [2.75, 3.05) is 49.1 Å². The van der Waals surface area contributed by atoms with E-state index in [2.05, 4.69) is 10.3 Å². The van der Waals surface area contributed by atoms with Crippen molar-refractivity contribution in [3.05, 3.63) is 57.9 Å². The fourth-order valence-corrected chi connectivity index (χ4v) is 6.66. The maximum atomic E-state index is 15.7. The minimum Gasteiger partial charge on any atom is -0.486 e. The molecule has 3 fully saturated rings. The number of benzene rings is 1. The molecule has 2 aliphatic heterocycles. The number of halogens is 2. The molecule has 7 N–H and O–H groups in total. The monoisotopic (exact) mass is 754 g/mol. The van der Waals surface area contributed by atoms with Crippen molar-refractivity contribution < 1.29 is 42.2 Å². The second-order valence-electron chi connectivity index (χ2n) is 14.0. The molecule has 16 nitrogen and oxygen atoms in total. The number of nitrogens with two attached hydrogens (primary N) is 3. The first-order valence-corrected chi connectivity index (χ1v) is 17.9.